The third-order valence-electron chi connectivity index (χ3n) is 5.66. The molecule has 1 aliphatic rings. The fourth-order valence-electron chi connectivity index (χ4n) is 4.19. The second-order valence-corrected chi connectivity index (χ2v) is 8.02. The molecule has 0 spiro atoms. The molecule has 1 fully saturated rings. The first kappa shape index (κ1) is 20.8. The molecule has 0 amide bonds. The van der Waals surface area contributed by atoms with Crippen LogP contribution in [-0.2, 0) is 0 Å². The Labute approximate surface area is 194 Å². The Morgan fingerprint density at radius 3 is 2.55 bits per heavy atom. The monoisotopic (exact) mass is 458 g/mol. The Kier molecular flexibility index (Phi) is 5.35. The van der Waals surface area contributed by atoms with Crippen LogP contribution < -0.4 is 10.2 Å². The Morgan fingerprint density at radius 2 is 1.82 bits per heavy atom. The number of nitrogens with zero attached hydrogens (tertiary/aromatic N) is 3. The number of carboxylic acids is 1. The summed E-state index contributed by atoms with van der Waals surface area (Å²) in [6, 6.07) is 21.9. The lowest BCUT2D eigenvalue weighted by Gasteiger charge is -2.29. The van der Waals surface area contributed by atoms with Gasteiger partial charge in [-0.2, -0.15) is 0 Å². The van der Waals surface area contributed by atoms with Gasteiger partial charge >= 0.3 is 5.97 Å². The Balaban J connectivity index is 1.66. The molecule has 164 valence electrons. The number of hydrogen-bond acceptors (Lipinski definition) is 3. The molecule has 0 radical (unpaired) electrons. The average Bonchev–Trinajstić information content (AvgIpc) is 3.44. The number of nitrogens with one attached hydrogen (secondary N) is 1. The number of carboxylic acid groups (broad SMARTS) is 1. The summed E-state index contributed by atoms with van der Waals surface area (Å²) in [4.78, 5) is 18.0. The third-order valence-corrected chi connectivity index (χ3v) is 5.97. The second kappa shape index (κ2) is 8.48. The summed E-state index contributed by atoms with van der Waals surface area (Å²) in [5.41, 5.74) is 3.34. The van der Waals surface area contributed by atoms with Gasteiger partial charge in [0.25, 0.3) is 0 Å². The maximum Gasteiger partial charge on any atom is 0.335 e. The topological polar surface area (TPSA) is 70.4 Å². The smallest absolute Gasteiger partial charge is 0.335 e. The molecule has 0 saturated carbocycles. The largest absolute Gasteiger partial charge is 0.478 e. The van der Waals surface area contributed by atoms with E-state index in [9.17, 15) is 14.3 Å². The van der Waals surface area contributed by atoms with Crippen molar-refractivity contribution in [1.29, 1.82) is 0 Å². The molecule has 1 saturated heterocycles. The first-order valence-electron chi connectivity index (χ1n) is 10.3. The number of pyridine rings is 1. The number of carbonyl (C=O) groups is 1. The molecule has 6 nitrogen and oxygen atoms in total. The minimum atomic E-state index is -0.992. The summed E-state index contributed by atoms with van der Waals surface area (Å²) in [5.74, 6) is -1.32. The van der Waals surface area contributed by atoms with Gasteiger partial charge in [0.05, 0.1) is 17.3 Å². The highest BCUT2D eigenvalue weighted by atomic mass is 32.1. The Morgan fingerprint density at radius 1 is 1.00 bits per heavy atom. The van der Waals surface area contributed by atoms with Crippen LogP contribution >= 0.6 is 12.2 Å². The molecule has 4 aromatic rings. The first-order chi connectivity index (χ1) is 16.0. The molecule has 2 aromatic heterocycles. The van der Waals surface area contributed by atoms with Crippen LogP contribution in [0.25, 0.3) is 5.69 Å². The van der Waals surface area contributed by atoms with Crippen molar-refractivity contribution < 1.29 is 14.3 Å². The minimum absolute atomic E-state index is 0.198. The van der Waals surface area contributed by atoms with Crippen molar-refractivity contribution >= 4 is 29.0 Å². The molecule has 2 aromatic carbocycles. The average molecular weight is 459 g/mol. The summed E-state index contributed by atoms with van der Waals surface area (Å²) in [6.45, 7) is 0. The first-order valence-corrected chi connectivity index (χ1v) is 10.7. The number of rotatable bonds is 5. The zero-order chi connectivity index (χ0) is 22.9. The second-order valence-electron chi connectivity index (χ2n) is 7.63. The van der Waals surface area contributed by atoms with Crippen molar-refractivity contribution in [2.75, 3.05) is 4.90 Å². The highest BCUT2D eigenvalue weighted by Gasteiger charge is 2.42. The molecule has 33 heavy (non-hydrogen) atoms. The van der Waals surface area contributed by atoms with Crippen molar-refractivity contribution in [2.45, 2.75) is 12.1 Å². The van der Waals surface area contributed by atoms with E-state index in [0.717, 1.165) is 17.1 Å². The van der Waals surface area contributed by atoms with Gasteiger partial charge in [-0.25, -0.2) is 9.18 Å². The van der Waals surface area contributed by atoms with E-state index in [4.69, 9.17) is 12.2 Å². The standard InChI is InChI=1S/C25H19FN4O2S/c26-17-9-11-18(12-10-17)30-23(22(28-25(30)33)20-7-1-2-13-27-20)21-8-4-14-29(21)19-6-3-5-16(15-19)24(31)32/h1-15,22-23H,(H,28,33)(H,31,32)/t22-,23+/m0/s1. The van der Waals surface area contributed by atoms with Crippen LogP contribution in [0, 0.1) is 5.82 Å². The van der Waals surface area contributed by atoms with E-state index < -0.39 is 5.97 Å². The molecule has 0 unspecified atom stereocenters. The van der Waals surface area contributed by atoms with Crippen LogP contribution in [0.5, 0.6) is 0 Å². The van der Waals surface area contributed by atoms with Gasteiger partial charge in [-0.3, -0.25) is 4.98 Å². The van der Waals surface area contributed by atoms with Gasteiger partial charge in [0, 0.05) is 29.5 Å². The predicted molar refractivity (Wildman–Crippen MR) is 127 cm³/mol. The number of anilines is 1. The highest BCUT2D eigenvalue weighted by molar-refractivity contribution is 7.80. The van der Waals surface area contributed by atoms with Gasteiger partial charge in [0.15, 0.2) is 5.11 Å². The van der Waals surface area contributed by atoms with Crippen molar-refractivity contribution in [3.8, 4) is 5.69 Å². The van der Waals surface area contributed by atoms with Crippen LogP contribution in [0.1, 0.15) is 33.8 Å². The van der Waals surface area contributed by atoms with E-state index in [1.807, 2.05) is 52.1 Å². The highest BCUT2D eigenvalue weighted by Crippen LogP contribution is 2.42. The number of hydrogen-bond donors (Lipinski definition) is 2. The van der Waals surface area contributed by atoms with Gasteiger partial charge in [0.1, 0.15) is 11.9 Å². The number of halogens is 1. The van der Waals surface area contributed by atoms with Crippen LogP contribution in [0.4, 0.5) is 10.1 Å². The molecule has 2 atom stereocenters. The molecule has 8 heteroatoms. The van der Waals surface area contributed by atoms with Gasteiger partial charge in [-0.1, -0.05) is 12.1 Å². The molecule has 5 rings (SSSR count). The van der Waals surface area contributed by atoms with E-state index in [0.29, 0.717) is 10.8 Å². The van der Waals surface area contributed by atoms with E-state index in [-0.39, 0.29) is 23.5 Å². The number of benzene rings is 2. The van der Waals surface area contributed by atoms with Crippen LogP contribution in [0.2, 0.25) is 0 Å². The minimum Gasteiger partial charge on any atom is -0.478 e. The predicted octanol–water partition coefficient (Wildman–Crippen LogP) is 4.89. The Hall–Kier alpha value is -4.04. The maximum atomic E-state index is 13.6. The molecular weight excluding hydrogens is 439 g/mol. The fraction of sp³-hybridized carbons (Fsp3) is 0.0800. The van der Waals surface area contributed by atoms with E-state index in [1.54, 1.807) is 36.5 Å². The lowest BCUT2D eigenvalue weighted by molar-refractivity contribution is 0.0697. The molecule has 0 aliphatic carbocycles. The zero-order valence-corrected chi connectivity index (χ0v) is 18.1. The van der Waals surface area contributed by atoms with Gasteiger partial charge < -0.3 is 19.9 Å². The van der Waals surface area contributed by atoms with Gasteiger partial charge in [0.2, 0.25) is 0 Å². The molecule has 1 aliphatic heterocycles. The summed E-state index contributed by atoms with van der Waals surface area (Å²) < 4.78 is 15.6. The maximum absolute atomic E-state index is 13.6. The summed E-state index contributed by atoms with van der Waals surface area (Å²) in [6.07, 6.45) is 3.61. The van der Waals surface area contributed by atoms with Crippen LogP contribution in [-0.4, -0.2) is 25.7 Å². The SMILES string of the molecule is O=C(O)c1cccc(-n2cccc2[C@@H]2[C@H](c3ccccn3)NC(=S)N2c2ccc(F)cc2)c1. The van der Waals surface area contributed by atoms with Gasteiger partial charge in [-0.15, -0.1) is 0 Å². The number of thiocarbonyl (C=S) groups is 1. The summed E-state index contributed by atoms with van der Waals surface area (Å²) in [5, 5.41) is 13.3. The molecule has 2 N–H and O–H groups in total. The lowest BCUT2D eigenvalue weighted by Crippen LogP contribution is -2.30. The molecular formula is C25H19FN4O2S. The van der Waals surface area contributed by atoms with E-state index in [2.05, 4.69) is 10.3 Å². The Bertz CT molecular complexity index is 1320. The summed E-state index contributed by atoms with van der Waals surface area (Å²) in [7, 11) is 0. The fourth-order valence-corrected chi connectivity index (χ4v) is 4.54. The number of aromatic nitrogens is 2. The van der Waals surface area contributed by atoms with Gasteiger partial charge in [-0.05, 0) is 78.9 Å². The molecule has 3 heterocycles. The summed E-state index contributed by atoms with van der Waals surface area (Å²) >= 11 is 5.70. The van der Waals surface area contributed by atoms with E-state index in [1.165, 1.54) is 12.1 Å². The van der Waals surface area contributed by atoms with Crippen LogP contribution in [0.15, 0.2) is 91.3 Å². The zero-order valence-electron chi connectivity index (χ0n) is 17.3. The third kappa shape index (κ3) is 3.85. The lowest BCUT2D eigenvalue weighted by atomic mass is 10.0. The van der Waals surface area contributed by atoms with Crippen molar-refractivity contribution in [1.82, 2.24) is 14.9 Å². The van der Waals surface area contributed by atoms with Crippen molar-refractivity contribution in [3.05, 3.63) is 114 Å². The number of aromatic carboxylic acids is 1. The van der Waals surface area contributed by atoms with Crippen molar-refractivity contribution in [3.63, 3.8) is 0 Å². The molecule has 0 bridgehead atoms. The van der Waals surface area contributed by atoms with Crippen molar-refractivity contribution in [2.24, 2.45) is 0 Å². The van der Waals surface area contributed by atoms with E-state index >= 15 is 0 Å². The normalized spacial score (nSPS) is 17.7. The quantitative estimate of drug-likeness (QED) is 0.415. The van der Waals surface area contributed by atoms with Crippen LogP contribution in [0.3, 0.4) is 0 Å².